The van der Waals surface area contributed by atoms with Crippen molar-refractivity contribution in [1.82, 2.24) is 24.5 Å². The maximum atomic E-state index is 5.95. The van der Waals surface area contributed by atoms with Gasteiger partial charge in [-0.15, -0.1) is 0 Å². The normalized spacial score (nSPS) is 10.8. The van der Waals surface area contributed by atoms with E-state index in [-0.39, 0.29) is 0 Å². The molecule has 0 amide bonds. The number of aryl methyl sites for hydroxylation is 2. The minimum atomic E-state index is 0.398. The lowest BCUT2D eigenvalue weighted by molar-refractivity contribution is 0.401. The molecule has 20 heavy (non-hydrogen) atoms. The van der Waals surface area contributed by atoms with Gasteiger partial charge in [0.25, 0.3) is 0 Å². The molecule has 0 bridgehead atoms. The summed E-state index contributed by atoms with van der Waals surface area (Å²) in [5.74, 6) is 0.827. The van der Waals surface area contributed by atoms with Crippen LogP contribution in [0.2, 0.25) is 0 Å². The van der Waals surface area contributed by atoms with Crippen molar-refractivity contribution in [3.63, 3.8) is 0 Å². The first kappa shape index (κ1) is 12.3. The van der Waals surface area contributed by atoms with Gasteiger partial charge in [0, 0.05) is 24.9 Å². The third-order valence-electron chi connectivity index (χ3n) is 3.04. The summed E-state index contributed by atoms with van der Waals surface area (Å²) in [5.41, 5.74) is 8.19. The minimum absolute atomic E-state index is 0.398. The zero-order chi connectivity index (χ0) is 13.9. The standard InChI is InChI=1S/C13H14N6O/c1-20-12-10-11(16-8-17-12)19(13(14)18-10)7-5-9-4-2-3-6-15-9/h2-4,6,8H,5,7H2,1H3,(H2,14,18). The molecule has 0 radical (unpaired) electrons. The largest absolute Gasteiger partial charge is 0.479 e. The monoisotopic (exact) mass is 270 g/mol. The van der Waals surface area contributed by atoms with Crippen molar-refractivity contribution in [2.24, 2.45) is 0 Å². The lowest BCUT2D eigenvalue weighted by atomic mass is 10.3. The van der Waals surface area contributed by atoms with Crippen LogP contribution in [-0.2, 0) is 13.0 Å². The number of fused-ring (bicyclic) bond motifs is 1. The van der Waals surface area contributed by atoms with Crippen molar-refractivity contribution in [1.29, 1.82) is 0 Å². The summed E-state index contributed by atoms with van der Waals surface area (Å²) < 4.78 is 7.01. The molecule has 0 aliphatic heterocycles. The molecule has 3 rings (SSSR count). The molecule has 102 valence electrons. The number of nitrogens with zero attached hydrogens (tertiary/aromatic N) is 5. The first-order valence-corrected chi connectivity index (χ1v) is 6.20. The SMILES string of the molecule is COc1ncnc2c1nc(N)n2CCc1ccccn1. The lowest BCUT2D eigenvalue weighted by Crippen LogP contribution is -2.07. The highest BCUT2D eigenvalue weighted by atomic mass is 16.5. The second kappa shape index (κ2) is 5.12. The van der Waals surface area contributed by atoms with E-state index in [1.807, 2.05) is 22.8 Å². The number of methoxy groups -OCH3 is 1. The summed E-state index contributed by atoms with van der Waals surface area (Å²) >= 11 is 0. The molecule has 0 aliphatic carbocycles. The zero-order valence-corrected chi connectivity index (χ0v) is 11.0. The summed E-state index contributed by atoms with van der Waals surface area (Å²) in [5, 5.41) is 0. The number of pyridine rings is 1. The Morgan fingerprint density at radius 2 is 2.15 bits per heavy atom. The fraction of sp³-hybridized carbons (Fsp3) is 0.231. The number of anilines is 1. The number of nitrogen functional groups attached to an aromatic ring is 1. The van der Waals surface area contributed by atoms with Crippen LogP contribution in [0.1, 0.15) is 5.69 Å². The van der Waals surface area contributed by atoms with Gasteiger partial charge in [-0.3, -0.25) is 9.55 Å². The number of rotatable bonds is 4. The maximum Gasteiger partial charge on any atom is 0.245 e. The molecular formula is C13H14N6O. The van der Waals surface area contributed by atoms with Crippen molar-refractivity contribution < 1.29 is 4.74 Å². The number of imidazole rings is 1. The molecule has 0 aromatic carbocycles. The molecule has 0 spiro atoms. The number of nitrogens with two attached hydrogens (primary N) is 1. The van der Waals surface area contributed by atoms with Gasteiger partial charge in [0.1, 0.15) is 6.33 Å². The Kier molecular flexibility index (Phi) is 3.16. The molecule has 0 aliphatic rings. The van der Waals surface area contributed by atoms with Crippen molar-refractivity contribution >= 4 is 17.1 Å². The molecule has 0 saturated heterocycles. The lowest BCUT2D eigenvalue weighted by Gasteiger charge is -2.05. The van der Waals surface area contributed by atoms with E-state index in [1.165, 1.54) is 6.33 Å². The van der Waals surface area contributed by atoms with Gasteiger partial charge in [-0.1, -0.05) is 6.07 Å². The van der Waals surface area contributed by atoms with Gasteiger partial charge in [0.15, 0.2) is 11.2 Å². The molecule has 0 atom stereocenters. The highest BCUT2D eigenvalue weighted by Gasteiger charge is 2.14. The molecule has 0 fully saturated rings. The average Bonchev–Trinajstić information content (AvgIpc) is 2.81. The van der Waals surface area contributed by atoms with E-state index >= 15 is 0 Å². The molecular weight excluding hydrogens is 256 g/mol. The first-order chi connectivity index (χ1) is 9.79. The van der Waals surface area contributed by atoms with Crippen LogP contribution in [0.25, 0.3) is 11.2 Å². The van der Waals surface area contributed by atoms with Crippen LogP contribution in [0.3, 0.4) is 0 Å². The second-order valence-electron chi connectivity index (χ2n) is 4.25. The van der Waals surface area contributed by atoms with Gasteiger partial charge < -0.3 is 10.5 Å². The number of hydrogen-bond acceptors (Lipinski definition) is 6. The molecule has 0 unspecified atom stereocenters. The van der Waals surface area contributed by atoms with Crippen LogP contribution in [0.4, 0.5) is 5.95 Å². The van der Waals surface area contributed by atoms with Gasteiger partial charge in [-0.2, -0.15) is 4.98 Å². The molecule has 3 heterocycles. The van der Waals surface area contributed by atoms with Crippen LogP contribution in [0.15, 0.2) is 30.7 Å². The molecule has 2 N–H and O–H groups in total. The highest BCUT2D eigenvalue weighted by Crippen LogP contribution is 2.22. The van der Waals surface area contributed by atoms with Gasteiger partial charge in [0.05, 0.1) is 7.11 Å². The Morgan fingerprint density at radius 3 is 2.90 bits per heavy atom. The average molecular weight is 270 g/mol. The van der Waals surface area contributed by atoms with Crippen molar-refractivity contribution in [3.8, 4) is 5.88 Å². The Labute approximate surface area is 115 Å². The Hall–Kier alpha value is -2.70. The summed E-state index contributed by atoms with van der Waals surface area (Å²) in [4.78, 5) is 16.8. The third-order valence-corrected chi connectivity index (χ3v) is 3.04. The molecule has 0 saturated carbocycles. The predicted octanol–water partition coefficient (Wildman–Crippen LogP) is 1.05. The fourth-order valence-electron chi connectivity index (χ4n) is 2.07. The predicted molar refractivity (Wildman–Crippen MR) is 74.2 cm³/mol. The van der Waals surface area contributed by atoms with Crippen LogP contribution < -0.4 is 10.5 Å². The minimum Gasteiger partial charge on any atom is -0.479 e. The summed E-state index contributed by atoms with van der Waals surface area (Å²) in [6.45, 7) is 0.652. The first-order valence-electron chi connectivity index (χ1n) is 6.20. The third kappa shape index (κ3) is 2.13. The Balaban J connectivity index is 1.93. The van der Waals surface area contributed by atoms with E-state index < -0.39 is 0 Å². The Morgan fingerprint density at radius 1 is 1.25 bits per heavy atom. The van der Waals surface area contributed by atoms with E-state index in [1.54, 1.807) is 13.3 Å². The molecule has 7 nitrogen and oxygen atoms in total. The smallest absolute Gasteiger partial charge is 0.245 e. The summed E-state index contributed by atoms with van der Waals surface area (Å²) in [6.07, 6.45) is 3.97. The second-order valence-corrected chi connectivity index (χ2v) is 4.25. The van der Waals surface area contributed by atoms with Crippen LogP contribution >= 0.6 is 0 Å². The molecule has 3 aromatic rings. The highest BCUT2D eigenvalue weighted by molar-refractivity contribution is 5.78. The van der Waals surface area contributed by atoms with E-state index in [0.717, 1.165) is 12.1 Å². The zero-order valence-electron chi connectivity index (χ0n) is 11.0. The quantitative estimate of drug-likeness (QED) is 0.762. The maximum absolute atomic E-state index is 5.95. The van der Waals surface area contributed by atoms with Crippen LogP contribution in [-0.4, -0.2) is 31.6 Å². The van der Waals surface area contributed by atoms with Crippen LogP contribution in [0, 0.1) is 0 Å². The van der Waals surface area contributed by atoms with Crippen molar-refractivity contribution in [3.05, 3.63) is 36.4 Å². The van der Waals surface area contributed by atoms with E-state index in [9.17, 15) is 0 Å². The van der Waals surface area contributed by atoms with Crippen molar-refractivity contribution in [2.45, 2.75) is 13.0 Å². The van der Waals surface area contributed by atoms with Gasteiger partial charge in [-0.05, 0) is 12.1 Å². The van der Waals surface area contributed by atoms with E-state index in [4.69, 9.17) is 10.5 Å². The van der Waals surface area contributed by atoms with Gasteiger partial charge >= 0.3 is 0 Å². The van der Waals surface area contributed by atoms with Gasteiger partial charge in [-0.25, -0.2) is 9.97 Å². The summed E-state index contributed by atoms with van der Waals surface area (Å²) in [7, 11) is 1.55. The van der Waals surface area contributed by atoms with Gasteiger partial charge in [0.2, 0.25) is 11.8 Å². The topological polar surface area (TPSA) is 91.7 Å². The Bertz CT molecular complexity index is 724. The molecule has 7 heteroatoms. The summed E-state index contributed by atoms with van der Waals surface area (Å²) in [6, 6.07) is 5.83. The molecule has 3 aromatic heterocycles. The number of aromatic nitrogens is 5. The number of ether oxygens (including phenoxy) is 1. The fourth-order valence-corrected chi connectivity index (χ4v) is 2.07. The van der Waals surface area contributed by atoms with E-state index in [0.29, 0.717) is 29.5 Å². The van der Waals surface area contributed by atoms with Crippen molar-refractivity contribution in [2.75, 3.05) is 12.8 Å². The van der Waals surface area contributed by atoms with Crippen LogP contribution in [0.5, 0.6) is 5.88 Å². The van der Waals surface area contributed by atoms with E-state index in [2.05, 4.69) is 19.9 Å². The number of hydrogen-bond donors (Lipinski definition) is 1.